The van der Waals surface area contributed by atoms with Crippen LogP contribution in [0.4, 0.5) is 0 Å². The normalized spacial score (nSPS) is 23.0. The molecule has 1 saturated carbocycles. The van der Waals surface area contributed by atoms with Gasteiger partial charge in [-0.15, -0.1) is 0 Å². The lowest BCUT2D eigenvalue weighted by Gasteiger charge is -2.36. The van der Waals surface area contributed by atoms with Crippen molar-refractivity contribution in [2.75, 3.05) is 7.05 Å². The molecule has 0 spiro atoms. The first kappa shape index (κ1) is 15.0. The topological polar surface area (TPSA) is 40.5 Å². The van der Waals surface area contributed by atoms with Crippen LogP contribution in [0.2, 0.25) is 0 Å². The minimum atomic E-state index is -0.853. The molecule has 110 valence electrons. The SMILES string of the molecule is Cc1cc(C(=O)O)ccc1CN(C)C1CCCCC1C. The van der Waals surface area contributed by atoms with Crippen LogP contribution in [0.3, 0.4) is 0 Å². The van der Waals surface area contributed by atoms with Gasteiger partial charge >= 0.3 is 5.97 Å². The van der Waals surface area contributed by atoms with E-state index in [4.69, 9.17) is 5.11 Å². The van der Waals surface area contributed by atoms with E-state index in [9.17, 15) is 4.79 Å². The molecule has 0 amide bonds. The van der Waals surface area contributed by atoms with Crippen molar-refractivity contribution in [2.24, 2.45) is 5.92 Å². The fraction of sp³-hybridized carbons (Fsp3) is 0.588. The molecular formula is C17H25NO2. The minimum absolute atomic E-state index is 0.375. The Labute approximate surface area is 121 Å². The minimum Gasteiger partial charge on any atom is -0.478 e. The summed E-state index contributed by atoms with van der Waals surface area (Å²) in [5.41, 5.74) is 2.68. The van der Waals surface area contributed by atoms with Crippen molar-refractivity contribution in [1.29, 1.82) is 0 Å². The van der Waals surface area contributed by atoms with Gasteiger partial charge in [-0.25, -0.2) is 4.79 Å². The molecule has 3 nitrogen and oxygen atoms in total. The van der Waals surface area contributed by atoms with E-state index in [0.717, 1.165) is 18.0 Å². The molecule has 0 aromatic heterocycles. The summed E-state index contributed by atoms with van der Waals surface area (Å²) in [5.74, 6) is -0.0961. The Morgan fingerprint density at radius 1 is 1.35 bits per heavy atom. The summed E-state index contributed by atoms with van der Waals surface area (Å²) in [5, 5.41) is 9.01. The average Bonchev–Trinajstić information content (AvgIpc) is 2.41. The van der Waals surface area contributed by atoms with Crippen molar-refractivity contribution in [3.05, 3.63) is 34.9 Å². The van der Waals surface area contributed by atoms with Crippen LogP contribution in [0.25, 0.3) is 0 Å². The first-order valence-corrected chi connectivity index (χ1v) is 7.52. The Hall–Kier alpha value is -1.35. The van der Waals surface area contributed by atoms with E-state index in [1.165, 1.54) is 31.2 Å². The number of hydrogen-bond acceptors (Lipinski definition) is 2. The van der Waals surface area contributed by atoms with Crippen LogP contribution in [0.1, 0.15) is 54.1 Å². The van der Waals surface area contributed by atoms with E-state index in [1.807, 2.05) is 13.0 Å². The number of aromatic carboxylic acids is 1. The van der Waals surface area contributed by atoms with Gasteiger partial charge < -0.3 is 5.11 Å². The lowest BCUT2D eigenvalue weighted by atomic mass is 9.85. The van der Waals surface area contributed by atoms with Crippen LogP contribution >= 0.6 is 0 Å². The molecule has 0 heterocycles. The summed E-state index contributed by atoms with van der Waals surface area (Å²) in [4.78, 5) is 13.4. The number of carboxylic acids is 1. The third kappa shape index (κ3) is 3.40. The molecule has 1 aromatic carbocycles. The quantitative estimate of drug-likeness (QED) is 0.910. The molecule has 1 aliphatic rings. The Kier molecular flexibility index (Phi) is 4.81. The second-order valence-corrected chi connectivity index (χ2v) is 6.19. The Morgan fingerprint density at radius 2 is 2.05 bits per heavy atom. The monoisotopic (exact) mass is 275 g/mol. The number of carboxylic acid groups (broad SMARTS) is 1. The number of rotatable bonds is 4. The molecule has 3 heteroatoms. The number of carbonyl (C=O) groups is 1. The zero-order valence-electron chi connectivity index (χ0n) is 12.7. The Bertz CT molecular complexity index is 484. The van der Waals surface area contributed by atoms with Crippen LogP contribution in [-0.4, -0.2) is 29.1 Å². The molecule has 20 heavy (non-hydrogen) atoms. The Morgan fingerprint density at radius 3 is 2.65 bits per heavy atom. The average molecular weight is 275 g/mol. The van der Waals surface area contributed by atoms with E-state index in [-0.39, 0.29) is 0 Å². The molecule has 0 saturated heterocycles. The van der Waals surface area contributed by atoms with Crippen molar-refractivity contribution >= 4 is 5.97 Å². The molecule has 1 aliphatic carbocycles. The zero-order chi connectivity index (χ0) is 14.7. The fourth-order valence-corrected chi connectivity index (χ4v) is 3.34. The molecule has 1 fully saturated rings. The molecule has 0 radical (unpaired) electrons. The fourth-order valence-electron chi connectivity index (χ4n) is 3.34. The van der Waals surface area contributed by atoms with Crippen molar-refractivity contribution in [3.63, 3.8) is 0 Å². The second-order valence-electron chi connectivity index (χ2n) is 6.19. The lowest BCUT2D eigenvalue weighted by molar-refractivity contribution is 0.0696. The summed E-state index contributed by atoms with van der Waals surface area (Å²) >= 11 is 0. The van der Waals surface area contributed by atoms with Crippen molar-refractivity contribution in [1.82, 2.24) is 4.90 Å². The summed E-state index contributed by atoms with van der Waals surface area (Å²) in [6.45, 7) is 5.25. The van der Waals surface area contributed by atoms with Gasteiger partial charge in [-0.2, -0.15) is 0 Å². The van der Waals surface area contributed by atoms with Gasteiger partial charge in [0, 0.05) is 12.6 Å². The first-order valence-electron chi connectivity index (χ1n) is 7.52. The van der Waals surface area contributed by atoms with Crippen molar-refractivity contribution in [2.45, 2.75) is 52.1 Å². The molecule has 1 aromatic rings. The van der Waals surface area contributed by atoms with Gasteiger partial charge in [-0.3, -0.25) is 4.90 Å². The lowest BCUT2D eigenvalue weighted by Crippen LogP contribution is -2.38. The van der Waals surface area contributed by atoms with E-state index in [1.54, 1.807) is 12.1 Å². The summed E-state index contributed by atoms with van der Waals surface area (Å²) in [6, 6.07) is 6.10. The summed E-state index contributed by atoms with van der Waals surface area (Å²) < 4.78 is 0. The number of nitrogens with zero attached hydrogens (tertiary/aromatic N) is 1. The number of aryl methyl sites for hydroxylation is 1. The molecule has 1 N–H and O–H groups in total. The molecule has 2 rings (SSSR count). The highest BCUT2D eigenvalue weighted by Gasteiger charge is 2.25. The van der Waals surface area contributed by atoms with Gasteiger partial charge in [0.05, 0.1) is 5.56 Å². The predicted octanol–water partition coefficient (Wildman–Crippen LogP) is 3.70. The van der Waals surface area contributed by atoms with Crippen molar-refractivity contribution in [3.8, 4) is 0 Å². The maximum Gasteiger partial charge on any atom is 0.335 e. The van der Waals surface area contributed by atoms with E-state index in [2.05, 4.69) is 18.9 Å². The van der Waals surface area contributed by atoms with Crippen LogP contribution in [0.5, 0.6) is 0 Å². The van der Waals surface area contributed by atoms with Crippen LogP contribution in [-0.2, 0) is 6.54 Å². The van der Waals surface area contributed by atoms with Gasteiger partial charge in [-0.05, 0) is 56.0 Å². The van der Waals surface area contributed by atoms with Crippen LogP contribution in [0, 0.1) is 12.8 Å². The van der Waals surface area contributed by atoms with Gasteiger partial charge in [0.2, 0.25) is 0 Å². The second kappa shape index (κ2) is 6.40. The highest BCUT2D eigenvalue weighted by Crippen LogP contribution is 2.28. The van der Waals surface area contributed by atoms with E-state index in [0.29, 0.717) is 11.6 Å². The van der Waals surface area contributed by atoms with Crippen LogP contribution in [0.15, 0.2) is 18.2 Å². The third-order valence-corrected chi connectivity index (χ3v) is 4.64. The predicted molar refractivity (Wildman–Crippen MR) is 81.0 cm³/mol. The highest BCUT2D eigenvalue weighted by atomic mass is 16.4. The molecule has 2 unspecified atom stereocenters. The molecule has 0 aliphatic heterocycles. The van der Waals surface area contributed by atoms with Crippen LogP contribution < -0.4 is 0 Å². The van der Waals surface area contributed by atoms with Gasteiger partial charge in [-0.1, -0.05) is 25.8 Å². The maximum absolute atomic E-state index is 11.0. The molecule has 0 bridgehead atoms. The first-order chi connectivity index (χ1) is 9.49. The maximum atomic E-state index is 11.0. The number of hydrogen-bond donors (Lipinski definition) is 1. The summed E-state index contributed by atoms with van der Waals surface area (Å²) in [6.07, 6.45) is 5.30. The number of benzene rings is 1. The smallest absolute Gasteiger partial charge is 0.335 e. The van der Waals surface area contributed by atoms with Gasteiger partial charge in [0.15, 0.2) is 0 Å². The third-order valence-electron chi connectivity index (χ3n) is 4.64. The van der Waals surface area contributed by atoms with E-state index >= 15 is 0 Å². The van der Waals surface area contributed by atoms with Crippen molar-refractivity contribution < 1.29 is 9.90 Å². The zero-order valence-corrected chi connectivity index (χ0v) is 12.7. The highest BCUT2D eigenvalue weighted by molar-refractivity contribution is 5.87. The Balaban J connectivity index is 2.07. The summed E-state index contributed by atoms with van der Waals surface area (Å²) in [7, 11) is 2.19. The molecular weight excluding hydrogens is 250 g/mol. The largest absolute Gasteiger partial charge is 0.478 e. The molecule has 2 atom stereocenters. The van der Waals surface area contributed by atoms with Gasteiger partial charge in [0.1, 0.15) is 0 Å². The van der Waals surface area contributed by atoms with E-state index < -0.39 is 5.97 Å². The standard InChI is InChI=1S/C17H25NO2/c1-12-6-4-5-7-16(12)18(3)11-15-9-8-14(17(19)20)10-13(15)2/h8-10,12,16H,4-7,11H2,1-3H3,(H,19,20). The van der Waals surface area contributed by atoms with Gasteiger partial charge in [0.25, 0.3) is 0 Å².